The minimum absolute atomic E-state index is 0.119. The fraction of sp³-hybridized carbons (Fsp3) is 0.375. The predicted octanol–water partition coefficient (Wildman–Crippen LogP) is 3.60. The van der Waals surface area contributed by atoms with Gasteiger partial charge in [0.1, 0.15) is 21.9 Å². The lowest BCUT2D eigenvalue weighted by Gasteiger charge is -2.10. The Bertz CT molecular complexity index is 918. The van der Waals surface area contributed by atoms with E-state index >= 15 is 0 Å². The molecular weight excluding hydrogens is 344 g/mol. The molecule has 0 saturated heterocycles. The third-order valence-corrected chi connectivity index (χ3v) is 6.30. The fourth-order valence-corrected chi connectivity index (χ4v) is 5.10. The first kappa shape index (κ1) is 15.6. The first-order valence-electron chi connectivity index (χ1n) is 7.78. The number of carbonyl (C=O) groups excluding carboxylic acids is 1. The van der Waals surface area contributed by atoms with Crippen LogP contribution in [0.4, 0.5) is 5.82 Å². The maximum absolute atomic E-state index is 12.4. The molecule has 3 heterocycles. The van der Waals surface area contributed by atoms with Crippen molar-refractivity contribution in [3.63, 3.8) is 0 Å². The molecule has 1 aliphatic carbocycles. The van der Waals surface area contributed by atoms with Crippen LogP contribution in [0.1, 0.15) is 29.5 Å². The van der Waals surface area contributed by atoms with E-state index in [0.717, 1.165) is 28.1 Å². The predicted molar refractivity (Wildman–Crippen MR) is 94.6 cm³/mol. The molecular formula is C16H16N4O2S2. The Hall–Kier alpha value is -1.93. The highest BCUT2D eigenvalue weighted by Crippen LogP contribution is 2.40. The number of carbonyl (C=O) groups is 1. The van der Waals surface area contributed by atoms with Crippen molar-refractivity contribution in [3.8, 4) is 0 Å². The van der Waals surface area contributed by atoms with Crippen molar-refractivity contribution in [2.75, 3.05) is 5.32 Å². The lowest BCUT2D eigenvalue weighted by Crippen LogP contribution is -2.22. The number of amides is 1. The number of hydrogen-bond acceptors (Lipinski definition) is 7. The van der Waals surface area contributed by atoms with Gasteiger partial charge < -0.3 is 9.84 Å². The first-order valence-corrected chi connectivity index (χ1v) is 9.47. The second kappa shape index (κ2) is 6.18. The van der Waals surface area contributed by atoms with Crippen molar-refractivity contribution in [2.24, 2.45) is 0 Å². The molecule has 0 fully saturated rings. The van der Waals surface area contributed by atoms with Gasteiger partial charge in [0.25, 0.3) is 0 Å². The number of aromatic nitrogens is 3. The van der Waals surface area contributed by atoms with Gasteiger partial charge in [0.2, 0.25) is 5.91 Å². The van der Waals surface area contributed by atoms with Crippen molar-refractivity contribution >= 4 is 45.0 Å². The summed E-state index contributed by atoms with van der Waals surface area (Å²) in [4.78, 5) is 23.7. The summed E-state index contributed by atoms with van der Waals surface area (Å²) >= 11 is 3.22. The number of anilines is 1. The molecule has 1 atom stereocenters. The number of aryl methyl sites for hydroxylation is 3. The Kier molecular flexibility index (Phi) is 4.01. The average molecular weight is 360 g/mol. The molecule has 0 saturated carbocycles. The molecule has 1 N–H and O–H groups in total. The normalized spacial score (nSPS) is 14.8. The van der Waals surface area contributed by atoms with Gasteiger partial charge in [-0.1, -0.05) is 16.9 Å². The SMILES string of the molecule is Cc1cc(NC(=O)C(C)Sc2ncnc3sc4c(c23)CCC4)no1. The first-order chi connectivity index (χ1) is 11.6. The summed E-state index contributed by atoms with van der Waals surface area (Å²) in [6.07, 6.45) is 4.98. The van der Waals surface area contributed by atoms with E-state index in [2.05, 4.69) is 20.4 Å². The monoisotopic (exact) mass is 360 g/mol. The lowest BCUT2D eigenvalue weighted by atomic mass is 10.2. The summed E-state index contributed by atoms with van der Waals surface area (Å²) in [5.74, 6) is 0.984. The van der Waals surface area contributed by atoms with Gasteiger partial charge >= 0.3 is 0 Å². The van der Waals surface area contributed by atoms with E-state index in [1.54, 1.807) is 30.7 Å². The van der Waals surface area contributed by atoms with Gasteiger partial charge in [0.15, 0.2) is 5.82 Å². The molecule has 0 aliphatic heterocycles. The van der Waals surface area contributed by atoms with Crippen LogP contribution in [-0.4, -0.2) is 26.3 Å². The average Bonchev–Trinajstić information content (AvgIpc) is 3.23. The Labute approximate surface area is 147 Å². The molecule has 124 valence electrons. The highest BCUT2D eigenvalue weighted by molar-refractivity contribution is 8.00. The van der Waals surface area contributed by atoms with Crippen LogP contribution in [-0.2, 0) is 17.6 Å². The Morgan fingerprint density at radius 1 is 1.42 bits per heavy atom. The van der Waals surface area contributed by atoms with Crippen LogP contribution in [0.2, 0.25) is 0 Å². The van der Waals surface area contributed by atoms with Crippen LogP contribution in [0.3, 0.4) is 0 Å². The van der Waals surface area contributed by atoms with Gasteiger partial charge in [-0.05, 0) is 38.7 Å². The van der Waals surface area contributed by atoms with Gasteiger partial charge in [0, 0.05) is 16.3 Å². The molecule has 0 spiro atoms. The number of rotatable bonds is 4. The van der Waals surface area contributed by atoms with Gasteiger partial charge in [-0.15, -0.1) is 11.3 Å². The Balaban J connectivity index is 1.56. The summed E-state index contributed by atoms with van der Waals surface area (Å²) in [5.41, 5.74) is 1.37. The van der Waals surface area contributed by atoms with Crippen molar-refractivity contribution in [1.29, 1.82) is 0 Å². The molecule has 6 nitrogen and oxygen atoms in total. The molecule has 8 heteroatoms. The third-order valence-electron chi connectivity index (χ3n) is 4.00. The largest absolute Gasteiger partial charge is 0.360 e. The molecule has 0 radical (unpaired) electrons. The zero-order valence-corrected chi connectivity index (χ0v) is 15.0. The number of thioether (sulfide) groups is 1. The van der Waals surface area contributed by atoms with E-state index in [1.807, 2.05) is 6.92 Å². The smallest absolute Gasteiger partial charge is 0.238 e. The maximum Gasteiger partial charge on any atom is 0.238 e. The lowest BCUT2D eigenvalue weighted by molar-refractivity contribution is -0.115. The van der Waals surface area contributed by atoms with E-state index in [4.69, 9.17) is 4.52 Å². The van der Waals surface area contributed by atoms with E-state index in [0.29, 0.717) is 11.6 Å². The van der Waals surface area contributed by atoms with E-state index < -0.39 is 0 Å². The van der Waals surface area contributed by atoms with Crippen LogP contribution >= 0.6 is 23.1 Å². The number of fused-ring (bicyclic) bond motifs is 3. The van der Waals surface area contributed by atoms with Gasteiger partial charge in [0.05, 0.1) is 5.25 Å². The summed E-state index contributed by atoms with van der Waals surface area (Å²) in [6, 6.07) is 1.70. The second-order valence-corrected chi connectivity index (χ2v) is 8.20. The topological polar surface area (TPSA) is 80.9 Å². The molecule has 24 heavy (non-hydrogen) atoms. The molecule has 0 aromatic carbocycles. The van der Waals surface area contributed by atoms with Crippen LogP contribution in [0.25, 0.3) is 10.2 Å². The fourth-order valence-electron chi connectivity index (χ4n) is 2.86. The van der Waals surface area contributed by atoms with Crippen LogP contribution < -0.4 is 5.32 Å². The summed E-state index contributed by atoms with van der Waals surface area (Å²) < 4.78 is 4.97. The van der Waals surface area contributed by atoms with Crippen molar-refractivity contribution < 1.29 is 9.32 Å². The molecule has 1 aliphatic rings. The summed E-state index contributed by atoms with van der Waals surface area (Å²) in [7, 11) is 0. The van der Waals surface area contributed by atoms with E-state index in [9.17, 15) is 4.79 Å². The molecule has 3 aromatic heterocycles. The van der Waals surface area contributed by atoms with Crippen LogP contribution in [0.15, 0.2) is 21.9 Å². The minimum atomic E-state index is -0.294. The maximum atomic E-state index is 12.4. The zero-order valence-electron chi connectivity index (χ0n) is 13.3. The van der Waals surface area contributed by atoms with E-state index in [-0.39, 0.29) is 11.2 Å². The van der Waals surface area contributed by atoms with Crippen LogP contribution in [0.5, 0.6) is 0 Å². The highest BCUT2D eigenvalue weighted by atomic mass is 32.2. The van der Waals surface area contributed by atoms with Crippen molar-refractivity contribution in [3.05, 3.63) is 28.6 Å². The Morgan fingerprint density at radius 2 is 2.29 bits per heavy atom. The summed E-state index contributed by atoms with van der Waals surface area (Å²) in [5, 5.41) is 8.29. The second-order valence-electron chi connectivity index (χ2n) is 5.79. The highest BCUT2D eigenvalue weighted by Gasteiger charge is 2.24. The number of nitrogens with zero attached hydrogens (tertiary/aromatic N) is 3. The number of thiophene rings is 1. The standard InChI is InChI=1S/C16H16N4O2S2/c1-8-6-12(20-22-8)19-14(21)9(2)23-15-13-10-4-3-5-11(10)24-16(13)18-7-17-15/h6-7,9H,3-5H2,1-2H3,(H,19,20,21). The van der Waals surface area contributed by atoms with Gasteiger partial charge in [-0.3, -0.25) is 4.79 Å². The molecule has 1 unspecified atom stereocenters. The molecule has 1 amide bonds. The van der Waals surface area contributed by atoms with Crippen molar-refractivity contribution in [1.82, 2.24) is 15.1 Å². The molecule has 4 rings (SSSR count). The summed E-state index contributed by atoms with van der Waals surface area (Å²) in [6.45, 7) is 3.66. The zero-order chi connectivity index (χ0) is 16.7. The van der Waals surface area contributed by atoms with Crippen molar-refractivity contribution in [2.45, 2.75) is 43.4 Å². The Morgan fingerprint density at radius 3 is 3.08 bits per heavy atom. The quantitative estimate of drug-likeness (QED) is 0.566. The van der Waals surface area contributed by atoms with Gasteiger partial charge in [-0.25, -0.2) is 9.97 Å². The van der Waals surface area contributed by atoms with Crippen LogP contribution in [0, 0.1) is 6.92 Å². The number of nitrogens with one attached hydrogen (secondary N) is 1. The minimum Gasteiger partial charge on any atom is -0.360 e. The number of hydrogen-bond donors (Lipinski definition) is 1. The molecule has 0 bridgehead atoms. The van der Waals surface area contributed by atoms with Gasteiger partial charge in [-0.2, -0.15) is 0 Å². The molecule has 3 aromatic rings. The third kappa shape index (κ3) is 2.80. The van der Waals surface area contributed by atoms with E-state index in [1.165, 1.54) is 28.6 Å².